The number of aromatic amines is 1. The molecule has 0 saturated carbocycles. The van der Waals surface area contributed by atoms with Crippen LogP contribution in [0.25, 0.3) is 0 Å². The molecule has 0 amide bonds. The molecule has 3 nitrogen and oxygen atoms in total. The molecule has 23 heavy (non-hydrogen) atoms. The SMILES string of the molecule is Cc1cc(C)c(CCC(=O)c2ccc(C(C)C)cc2Cl)c(=O)[nH]1. The molecule has 0 radical (unpaired) electrons. The van der Waals surface area contributed by atoms with Gasteiger partial charge in [0.1, 0.15) is 0 Å². The third-order valence-corrected chi connectivity index (χ3v) is 4.37. The quantitative estimate of drug-likeness (QED) is 0.815. The second-order valence-corrected chi connectivity index (χ2v) is 6.67. The van der Waals surface area contributed by atoms with Gasteiger partial charge in [-0.25, -0.2) is 0 Å². The molecule has 0 bridgehead atoms. The van der Waals surface area contributed by atoms with Crippen LogP contribution in [-0.2, 0) is 6.42 Å². The predicted molar refractivity (Wildman–Crippen MR) is 94.7 cm³/mol. The number of rotatable bonds is 5. The Labute approximate surface area is 141 Å². The zero-order chi connectivity index (χ0) is 17.1. The number of H-pyrrole nitrogens is 1. The molecule has 1 N–H and O–H groups in total. The maximum atomic E-state index is 12.4. The fourth-order valence-electron chi connectivity index (χ4n) is 2.68. The van der Waals surface area contributed by atoms with Crippen LogP contribution in [0.3, 0.4) is 0 Å². The van der Waals surface area contributed by atoms with E-state index in [4.69, 9.17) is 11.6 Å². The maximum Gasteiger partial charge on any atom is 0.251 e. The van der Waals surface area contributed by atoms with E-state index in [1.807, 2.05) is 32.0 Å². The summed E-state index contributed by atoms with van der Waals surface area (Å²) in [5, 5.41) is 0.482. The third-order valence-electron chi connectivity index (χ3n) is 4.06. The van der Waals surface area contributed by atoms with Crippen LogP contribution in [0.1, 0.15) is 58.9 Å². The molecule has 0 spiro atoms. The lowest BCUT2D eigenvalue weighted by Crippen LogP contribution is -2.17. The van der Waals surface area contributed by atoms with Crippen molar-refractivity contribution in [2.24, 2.45) is 0 Å². The van der Waals surface area contributed by atoms with Crippen LogP contribution in [0.15, 0.2) is 29.1 Å². The lowest BCUT2D eigenvalue weighted by molar-refractivity contribution is 0.0983. The number of hydrogen-bond donors (Lipinski definition) is 1. The predicted octanol–water partition coefficient (Wildman–Crippen LogP) is 4.58. The summed E-state index contributed by atoms with van der Waals surface area (Å²) < 4.78 is 0. The number of aryl methyl sites for hydroxylation is 2. The monoisotopic (exact) mass is 331 g/mol. The largest absolute Gasteiger partial charge is 0.326 e. The summed E-state index contributed by atoms with van der Waals surface area (Å²) in [4.78, 5) is 27.2. The molecule has 0 aliphatic rings. The Hall–Kier alpha value is -1.87. The van der Waals surface area contributed by atoms with E-state index in [1.165, 1.54) is 0 Å². The van der Waals surface area contributed by atoms with Gasteiger partial charge < -0.3 is 4.98 Å². The van der Waals surface area contributed by atoms with E-state index in [1.54, 1.807) is 6.07 Å². The van der Waals surface area contributed by atoms with Crippen molar-refractivity contribution in [3.8, 4) is 0 Å². The van der Waals surface area contributed by atoms with Crippen LogP contribution in [0.4, 0.5) is 0 Å². The summed E-state index contributed by atoms with van der Waals surface area (Å²) >= 11 is 6.24. The Morgan fingerprint density at radius 3 is 2.48 bits per heavy atom. The fraction of sp³-hybridized carbons (Fsp3) is 0.368. The van der Waals surface area contributed by atoms with Crippen molar-refractivity contribution in [1.82, 2.24) is 4.98 Å². The van der Waals surface area contributed by atoms with Crippen molar-refractivity contribution < 1.29 is 4.79 Å². The minimum atomic E-state index is -0.114. The molecule has 0 aliphatic heterocycles. The lowest BCUT2D eigenvalue weighted by atomic mass is 9.97. The summed E-state index contributed by atoms with van der Waals surface area (Å²) in [7, 11) is 0. The first-order valence-corrected chi connectivity index (χ1v) is 8.19. The number of aromatic nitrogens is 1. The van der Waals surface area contributed by atoms with Gasteiger partial charge in [-0.05, 0) is 55.5 Å². The first kappa shape index (κ1) is 17.5. The van der Waals surface area contributed by atoms with Gasteiger partial charge in [-0.2, -0.15) is 0 Å². The molecule has 0 unspecified atom stereocenters. The second kappa shape index (κ2) is 7.14. The highest BCUT2D eigenvalue weighted by Gasteiger charge is 2.14. The highest BCUT2D eigenvalue weighted by atomic mass is 35.5. The summed E-state index contributed by atoms with van der Waals surface area (Å²) in [6.07, 6.45) is 0.691. The zero-order valence-corrected chi connectivity index (χ0v) is 14.8. The number of ketones is 1. The van der Waals surface area contributed by atoms with Crippen LogP contribution in [0, 0.1) is 13.8 Å². The van der Waals surface area contributed by atoms with E-state index in [0.717, 1.165) is 16.8 Å². The molecule has 4 heteroatoms. The first-order chi connectivity index (χ1) is 10.8. The average Bonchev–Trinajstić information content (AvgIpc) is 2.45. The van der Waals surface area contributed by atoms with E-state index < -0.39 is 0 Å². The third kappa shape index (κ3) is 4.11. The van der Waals surface area contributed by atoms with Crippen molar-refractivity contribution in [2.75, 3.05) is 0 Å². The van der Waals surface area contributed by atoms with Gasteiger partial charge in [-0.1, -0.05) is 31.5 Å². The molecular weight excluding hydrogens is 310 g/mol. The molecule has 0 fully saturated rings. The molecular formula is C19H22ClNO2. The Morgan fingerprint density at radius 2 is 1.91 bits per heavy atom. The summed E-state index contributed by atoms with van der Waals surface area (Å²) in [6.45, 7) is 7.91. The Balaban J connectivity index is 2.16. The molecule has 0 aliphatic carbocycles. The molecule has 1 aromatic heterocycles. The van der Waals surface area contributed by atoms with Gasteiger partial charge in [0.15, 0.2) is 5.78 Å². The van der Waals surface area contributed by atoms with Crippen molar-refractivity contribution in [3.05, 3.63) is 67.6 Å². The molecule has 1 aromatic carbocycles. The van der Waals surface area contributed by atoms with Gasteiger partial charge in [-0.3, -0.25) is 9.59 Å². The van der Waals surface area contributed by atoms with Crippen LogP contribution in [0.2, 0.25) is 5.02 Å². The minimum Gasteiger partial charge on any atom is -0.326 e. The van der Waals surface area contributed by atoms with Crippen molar-refractivity contribution in [3.63, 3.8) is 0 Å². The van der Waals surface area contributed by atoms with Gasteiger partial charge in [-0.15, -0.1) is 0 Å². The van der Waals surface area contributed by atoms with Gasteiger partial charge >= 0.3 is 0 Å². The van der Waals surface area contributed by atoms with E-state index >= 15 is 0 Å². The van der Waals surface area contributed by atoms with Gasteiger partial charge in [0, 0.05) is 23.2 Å². The topological polar surface area (TPSA) is 49.9 Å². The average molecular weight is 332 g/mol. The maximum absolute atomic E-state index is 12.4. The number of benzene rings is 1. The number of hydrogen-bond acceptors (Lipinski definition) is 2. The lowest BCUT2D eigenvalue weighted by Gasteiger charge is -2.10. The number of Topliss-reactive ketones (excluding diaryl/α,β-unsaturated/α-hetero) is 1. The van der Waals surface area contributed by atoms with E-state index in [0.29, 0.717) is 28.5 Å². The number of carbonyl (C=O) groups is 1. The van der Waals surface area contributed by atoms with Crippen molar-refractivity contribution >= 4 is 17.4 Å². The van der Waals surface area contributed by atoms with E-state index in [9.17, 15) is 9.59 Å². The van der Waals surface area contributed by atoms with E-state index in [2.05, 4.69) is 18.8 Å². The van der Waals surface area contributed by atoms with Gasteiger partial charge in [0.2, 0.25) is 0 Å². The molecule has 2 aromatic rings. The van der Waals surface area contributed by atoms with Crippen LogP contribution in [-0.4, -0.2) is 10.8 Å². The standard InChI is InChI=1S/C19H22ClNO2/c1-11(2)14-5-6-16(17(20)10-14)18(22)8-7-15-12(3)9-13(4)21-19(15)23/h5-6,9-11H,7-8H2,1-4H3,(H,21,23). The highest BCUT2D eigenvalue weighted by molar-refractivity contribution is 6.34. The van der Waals surface area contributed by atoms with Gasteiger partial charge in [0.05, 0.1) is 5.02 Å². The van der Waals surface area contributed by atoms with E-state index in [-0.39, 0.29) is 17.8 Å². The Bertz CT molecular complexity index is 790. The summed E-state index contributed by atoms with van der Waals surface area (Å²) in [6, 6.07) is 7.49. The van der Waals surface area contributed by atoms with Crippen molar-refractivity contribution in [1.29, 1.82) is 0 Å². The normalized spacial score (nSPS) is 11.0. The number of pyridine rings is 1. The second-order valence-electron chi connectivity index (χ2n) is 6.26. The van der Waals surface area contributed by atoms with Crippen LogP contribution in [0.5, 0.6) is 0 Å². The Kier molecular flexibility index (Phi) is 5.42. The van der Waals surface area contributed by atoms with Crippen molar-refractivity contribution in [2.45, 2.75) is 46.5 Å². The Morgan fingerprint density at radius 1 is 1.22 bits per heavy atom. The molecule has 2 rings (SSSR count). The molecule has 1 heterocycles. The molecule has 0 atom stereocenters. The van der Waals surface area contributed by atoms with Gasteiger partial charge in [0.25, 0.3) is 5.56 Å². The minimum absolute atomic E-state index is 0.0373. The summed E-state index contributed by atoms with van der Waals surface area (Å²) in [5.41, 5.74) is 3.93. The number of halogens is 1. The number of carbonyl (C=O) groups excluding carboxylic acids is 1. The highest BCUT2D eigenvalue weighted by Crippen LogP contribution is 2.24. The molecule has 122 valence electrons. The summed E-state index contributed by atoms with van der Waals surface area (Å²) in [5.74, 6) is 0.329. The molecule has 0 saturated heterocycles. The first-order valence-electron chi connectivity index (χ1n) is 7.81. The van der Waals surface area contributed by atoms with Crippen LogP contribution < -0.4 is 5.56 Å². The zero-order valence-electron chi connectivity index (χ0n) is 14.0. The van der Waals surface area contributed by atoms with Crippen LogP contribution >= 0.6 is 11.6 Å². The number of nitrogens with one attached hydrogen (secondary N) is 1. The fourth-order valence-corrected chi connectivity index (χ4v) is 2.98. The smallest absolute Gasteiger partial charge is 0.251 e.